The van der Waals surface area contributed by atoms with Crippen molar-refractivity contribution in [3.05, 3.63) is 59.2 Å². The molecule has 0 aliphatic heterocycles. The molecule has 32 heavy (non-hydrogen) atoms. The Balaban J connectivity index is 1.14. The van der Waals surface area contributed by atoms with E-state index in [4.69, 9.17) is 30.2 Å². The molecule has 3 fully saturated rings. The normalized spacial score (nSPS) is 23.0. The number of methoxy groups -OCH3 is 1. The first-order valence-corrected chi connectivity index (χ1v) is 10.3. The minimum Gasteiger partial charge on any atom is -0.493 e. The highest BCUT2D eigenvalue weighted by molar-refractivity contribution is 6.30. The summed E-state index contributed by atoms with van der Waals surface area (Å²) >= 11 is 5.64. The van der Waals surface area contributed by atoms with Crippen LogP contribution < -0.4 is 19.5 Å². The van der Waals surface area contributed by atoms with Crippen molar-refractivity contribution in [2.24, 2.45) is 0 Å². The molecule has 3 aliphatic carbocycles. The molecule has 0 saturated heterocycles. The van der Waals surface area contributed by atoms with Crippen LogP contribution >= 0.6 is 11.6 Å². The molecule has 0 spiro atoms. The van der Waals surface area contributed by atoms with Gasteiger partial charge in [-0.25, -0.2) is 4.39 Å². The van der Waals surface area contributed by atoms with Gasteiger partial charge in [0.25, 0.3) is 5.91 Å². The average molecular weight is 460 g/mol. The smallest absolute Gasteiger partial charge is 0.420 e. The van der Waals surface area contributed by atoms with Crippen LogP contribution in [0, 0.1) is 5.82 Å². The van der Waals surface area contributed by atoms with Gasteiger partial charge in [0.2, 0.25) is 5.89 Å². The Morgan fingerprint density at radius 3 is 2.66 bits per heavy atom. The molecule has 3 aromatic rings. The van der Waals surface area contributed by atoms with Crippen LogP contribution in [0.15, 0.2) is 46.9 Å². The molecule has 1 aromatic heterocycles. The predicted octanol–water partition coefficient (Wildman–Crippen LogP) is 4.03. The van der Waals surface area contributed by atoms with E-state index in [1.165, 1.54) is 12.1 Å². The lowest BCUT2D eigenvalue weighted by Crippen LogP contribution is -2.77. The number of carbonyl (C=O) groups is 1. The molecule has 8 nitrogen and oxygen atoms in total. The molecule has 3 aliphatic rings. The second kappa shape index (κ2) is 7.67. The van der Waals surface area contributed by atoms with Gasteiger partial charge in [0.05, 0.1) is 17.5 Å². The topological polar surface area (TPSA) is 95.7 Å². The van der Waals surface area contributed by atoms with Crippen LogP contribution in [0.25, 0.3) is 0 Å². The fourth-order valence-electron chi connectivity index (χ4n) is 4.46. The Labute approximate surface area is 187 Å². The van der Waals surface area contributed by atoms with Gasteiger partial charge in [-0.05, 0) is 43.5 Å². The number of rotatable bonds is 8. The average Bonchev–Trinajstić information content (AvgIpc) is 3.19. The summed E-state index contributed by atoms with van der Waals surface area (Å²) in [5.41, 5.74) is -0.549. The van der Waals surface area contributed by atoms with Gasteiger partial charge in [-0.3, -0.25) is 4.79 Å². The van der Waals surface area contributed by atoms with E-state index in [1.54, 1.807) is 19.2 Å². The summed E-state index contributed by atoms with van der Waals surface area (Å²) in [5.74, 6) is 0.894. The van der Waals surface area contributed by atoms with Gasteiger partial charge in [-0.2, -0.15) is 0 Å². The van der Waals surface area contributed by atoms with E-state index in [-0.39, 0.29) is 40.3 Å². The molecule has 1 N–H and O–H groups in total. The molecule has 0 atom stereocenters. The maximum Gasteiger partial charge on any atom is 0.420 e. The van der Waals surface area contributed by atoms with E-state index in [1.807, 2.05) is 12.1 Å². The van der Waals surface area contributed by atoms with Crippen LogP contribution in [0.5, 0.6) is 23.3 Å². The SMILES string of the molecule is COc1ccccc1Oc1nnc(C23CC(NC(=O)COc4ccc(Cl)c(F)c4)(C2)C3)o1. The molecule has 2 bridgehead atoms. The van der Waals surface area contributed by atoms with Crippen LogP contribution in [-0.4, -0.2) is 35.4 Å². The largest absolute Gasteiger partial charge is 0.493 e. The molecule has 3 saturated carbocycles. The number of nitrogens with one attached hydrogen (secondary N) is 1. The lowest BCUT2D eigenvalue weighted by Gasteiger charge is -2.68. The number of halogens is 2. The number of ether oxygens (including phenoxy) is 3. The molecule has 0 unspecified atom stereocenters. The minimum atomic E-state index is -0.598. The number of nitrogens with zero attached hydrogens (tertiary/aromatic N) is 2. The van der Waals surface area contributed by atoms with Crippen molar-refractivity contribution in [1.82, 2.24) is 15.5 Å². The minimum absolute atomic E-state index is 0.00143. The number of carbonyl (C=O) groups excluding carboxylic acids is 1. The first-order chi connectivity index (χ1) is 15.4. The summed E-state index contributed by atoms with van der Waals surface area (Å²) in [6.45, 7) is -0.215. The van der Waals surface area contributed by atoms with Gasteiger partial charge in [0, 0.05) is 11.6 Å². The van der Waals surface area contributed by atoms with Crippen molar-refractivity contribution < 1.29 is 27.8 Å². The molecule has 1 amide bonds. The van der Waals surface area contributed by atoms with E-state index in [9.17, 15) is 9.18 Å². The molecule has 6 rings (SSSR count). The third-order valence-corrected chi connectivity index (χ3v) is 6.13. The molecule has 10 heteroatoms. The molecule has 0 radical (unpaired) electrons. The zero-order valence-corrected chi connectivity index (χ0v) is 17.8. The lowest BCUT2D eigenvalue weighted by molar-refractivity contribution is -0.143. The van der Waals surface area contributed by atoms with Crippen LogP contribution in [-0.2, 0) is 10.2 Å². The van der Waals surface area contributed by atoms with Gasteiger partial charge in [0.15, 0.2) is 18.1 Å². The van der Waals surface area contributed by atoms with Crippen LogP contribution in [0.2, 0.25) is 5.02 Å². The van der Waals surface area contributed by atoms with Crippen LogP contribution in [0.3, 0.4) is 0 Å². The maximum atomic E-state index is 13.5. The van der Waals surface area contributed by atoms with Gasteiger partial charge >= 0.3 is 6.08 Å². The Hall–Kier alpha value is -3.33. The van der Waals surface area contributed by atoms with Crippen molar-refractivity contribution >= 4 is 17.5 Å². The van der Waals surface area contributed by atoms with E-state index in [0.717, 1.165) is 6.07 Å². The van der Waals surface area contributed by atoms with Crippen molar-refractivity contribution in [2.45, 2.75) is 30.2 Å². The Kier molecular flexibility index (Phi) is 4.93. The maximum absolute atomic E-state index is 13.5. The third kappa shape index (κ3) is 3.62. The zero-order chi connectivity index (χ0) is 22.3. The highest BCUT2D eigenvalue weighted by atomic mass is 35.5. The van der Waals surface area contributed by atoms with Crippen LogP contribution in [0.1, 0.15) is 25.2 Å². The van der Waals surface area contributed by atoms with Crippen molar-refractivity contribution in [2.75, 3.05) is 13.7 Å². The summed E-state index contributed by atoms with van der Waals surface area (Å²) in [5, 5.41) is 11.1. The van der Waals surface area contributed by atoms with E-state index in [0.29, 0.717) is 36.7 Å². The monoisotopic (exact) mass is 459 g/mol. The van der Waals surface area contributed by atoms with Crippen LogP contribution in [0.4, 0.5) is 4.39 Å². The highest BCUT2D eigenvalue weighted by Crippen LogP contribution is 2.67. The summed E-state index contributed by atoms with van der Waals surface area (Å²) in [7, 11) is 1.55. The molecular weight excluding hydrogens is 441 g/mol. The van der Waals surface area contributed by atoms with Crippen molar-refractivity contribution in [3.8, 4) is 23.3 Å². The quantitative estimate of drug-likeness (QED) is 0.543. The number of benzene rings is 2. The number of hydrogen-bond donors (Lipinski definition) is 1. The summed E-state index contributed by atoms with van der Waals surface area (Å²) in [6, 6.07) is 11.2. The van der Waals surface area contributed by atoms with Gasteiger partial charge in [-0.15, -0.1) is 5.10 Å². The van der Waals surface area contributed by atoms with E-state index in [2.05, 4.69) is 15.5 Å². The molecular formula is C22H19ClFN3O5. The van der Waals surface area contributed by atoms with Gasteiger partial charge < -0.3 is 23.9 Å². The predicted molar refractivity (Wildman–Crippen MR) is 111 cm³/mol. The molecule has 2 aromatic carbocycles. The summed E-state index contributed by atoms with van der Waals surface area (Å²) in [4.78, 5) is 12.3. The van der Waals surface area contributed by atoms with Crippen molar-refractivity contribution in [3.63, 3.8) is 0 Å². The Bertz CT molecular complexity index is 1160. The number of para-hydroxylation sites is 2. The number of amides is 1. The zero-order valence-electron chi connectivity index (χ0n) is 17.1. The fourth-order valence-corrected chi connectivity index (χ4v) is 4.57. The van der Waals surface area contributed by atoms with Crippen molar-refractivity contribution in [1.29, 1.82) is 0 Å². The Morgan fingerprint density at radius 2 is 1.94 bits per heavy atom. The molecule has 166 valence electrons. The fraction of sp³-hybridized carbons (Fsp3) is 0.318. The molecule has 1 heterocycles. The number of aromatic nitrogens is 2. The second-order valence-corrected chi connectivity index (χ2v) is 8.54. The first-order valence-electron chi connectivity index (χ1n) is 9.94. The summed E-state index contributed by atoms with van der Waals surface area (Å²) in [6.07, 6.45) is 2.11. The van der Waals surface area contributed by atoms with Gasteiger partial charge in [-0.1, -0.05) is 28.8 Å². The van der Waals surface area contributed by atoms with E-state index >= 15 is 0 Å². The third-order valence-electron chi connectivity index (χ3n) is 5.82. The number of hydrogen-bond acceptors (Lipinski definition) is 7. The Morgan fingerprint density at radius 1 is 1.19 bits per heavy atom. The van der Waals surface area contributed by atoms with Gasteiger partial charge in [0.1, 0.15) is 11.6 Å². The highest BCUT2D eigenvalue weighted by Gasteiger charge is 2.71. The standard InChI is InChI=1S/C22H19ClFN3O5/c1-29-16-4-2-3-5-17(16)31-20-27-26-19(32-20)21-10-22(11-21,12-21)25-18(28)9-30-13-6-7-14(23)15(24)8-13/h2-8H,9-12H2,1H3,(H,25,28). The second-order valence-electron chi connectivity index (χ2n) is 8.13. The first kappa shape index (κ1) is 20.6. The summed E-state index contributed by atoms with van der Waals surface area (Å²) < 4.78 is 35.4. The van der Waals surface area contributed by atoms with E-state index < -0.39 is 5.82 Å². The lowest BCUT2D eigenvalue weighted by atomic mass is 9.39.